The molecule has 90 valence electrons. The van der Waals surface area contributed by atoms with Crippen molar-refractivity contribution in [2.45, 2.75) is 25.9 Å². The van der Waals surface area contributed by atoms with Crippen molar-refractivity contribution in [1.29, 1.82) is 0 Å². The molecule has 2 rings (SSSR count). The van der Waals surface area contributed by atoms with Crippen molar-refractivity contribution in [3.05, 3.63) is 30.0 Å². The number of aliphatic hydroxyl groups excluding tert-OH is 1. The summed E-state index contributed by atoms with van der Waals surface area (Å²) < 4.78 is 17.7. The average Bonchev–Trinajstić information content (AvgIpc) is 2.76. The number of aryl methyl sites for hydroxylation is 1. The van der Waals surface area contributed by atoms with Crippen LogP contribution in [0.2, 0.25) is 0 Å². The molecule has 2 aromatic rings. The molecular weight excluding hydrogens is 225 g/mol. The molecule has 0 aromatic carbocycles. The van der Waals surface area contributed by atoms with Crippen molar-refractivity contribution < 1.29 is 14.0 Å². The Hall–Kier alpha value is -1.82. The van der Waals surface area contributed by atoms with Crippen LogP contribution in [0.4, 0.5) is 4.39 Å². The Balaban J connectivity index is 2.10. The lowest BCUT2D eigenvalue weighted by Crippen LogP contribution is -2.01. The Kier molecular flexibility index (Phi) is 3.43. The standard InChI is InChI=1S/C11H12FN3O2/c1-7(16)2-5-10-14-11(15-17-10)9-4-3-8(12)6-13-9/h3-4,6-7,16H,2,5H2,1H3. The molecule has 2 aromatic heterocycles. The van der Waals surface area contributed by atoms with E-state index in [0.717, 1.165) is 6.20 Å². The lowest BCUT2D eigenvalue weighted by molar-refractivity contribution is 0.180. The Morgan fingerprint density at radius 3 is 2.94 bits per heavy atom. The van der Waals surface area contributed by atoms with Gasteiger partial charge in [0, 0.05) is 6.42 Å². The van der Waals surface area contributed by atoms with Crippen LogP contribution in [0.1, 0.15) is 19.2 Å². The second kappa shape index (κ2) is 5.01. The molecule has 0 amide bonds. The molecule has 0 bridgehead atoms. The molecule has 0 saturated heterocycles. The van der Waals surface area contributed by atoms with Crippen molar-refractivity contribution in [2.75, 3.05) is 0 Å². The lowest BCUT2D eigenvalue weighted by atomic mass is 10.2. The van der Waals surface area contributed by atoms with Crippen LogP contribution in [0.15, 0.2) is 22.9 Å². The van der Waals surface area contributed by atoms with E-state index in [2.05, 4.69) is 15.1 Å². The van der Waals surface area contributed by atoms with Crippen LogP contribution in [-0.2, 0) is 6.42 Å². The number of halogens is 1. The maximum Gasteiger partial charge on any atom is 0.227 e. The Morgan fingerprint density at radius 2 is 2.29 bits per heavy atom. The van der Waals surface area contributed by atoms with Gasteiger partial charge < -0.3 is 9.63 Å². The van der Waals surface area contributed by atoms with E-state index < -0.39 is 11.9 Å². The predicted octanol–water partition coefficient (Wildman–Crippen LogP) is 1.58. The topological polar surface area (TPSA) is 72.0 Å². The highest BCUT2D eigenvalue weighted by Gasteiger charge is 2.10. The summed E-state index contributed by atoms with van der Waals surface area (Å²) in [5, 5.41) is 12.9. The minimum absolute atomic E-state index is 0.325. The Morgan fingerprint density at radius 1 is 1.47 bits per heavy atom. The average molecular weight is 237 g/mol. The van der Waals surface area contributed by atoms with Gasteiger partial charge in [0.15, 0.2) is 0 Å². The van der Waals surface area contributed by atoms with Crippen LogP contribution >= 0.6 is 0 Å². The third-order valence-corrected chi connectivity index (χ3v) is 2.20. The van der Waals surface area contributed by atoms with E-state index >= 15 is 0 Å². The number of nitrogens with zero attached hydrogens (tertiary/aromatic N) is 3. The number of hydrogen-bond donors (Lipinski definition) is 1. The van der Waals surface area contributed by atoms with Crippen LogP contribution in [0.25, 0.3) is 11.5 Å². The van der Waals surface area contributed by atoms with E-state index in [1.165, 1.54) is 12.1 Å². The van der Waals surface area contributed by atoms with Crippen molar-refractivity contribution in [3.8, 4) is 11.5 Å². The molecule has 6 heteroatoms. The summed E-state index contributed by atoms with van der Waals surface area (Å²) >= 11 is 0. The minimum Gasteiger partial charge on any atom is -0.393 e. The molecule has 0 aliphatic carbocycles. The normalized spacial score (nSPS) is 12.6. The molecular formula is C11H12FN3O2. The second-order valence-electron chi connectivity index (χ2n) is 3.76. The fourth-order valence-electron chi connectivity index (χ4n) is 1.30. The fourth-order valence-corrected chi connectivity index (χ4v) is 1.30. The third-order valence-electron chi connectivity index (χ3n) is 2.20. The van der Waals surface area contributed by atoms with Gasteiger partial charge in [-0.1, -0.05) is 5.16 Å². The highest BCUT2D eigenvalue weighted by atomic mass is 19.1. The monoisotopic (exact) mass is 237 g/mol. The van der Waals surface area contributed by atoms with E-state index in [9.17, 15) is 4.39 Å². The van der Waals surface area contributed by atoms with Crippen LogP contribution in [0.3, 0.4) is 0 Å². The zero-order chi connectivity index (χ0) is 12.3. The van der Waals surface area contributed by atoms with Crippen molar-refractivity contribution >= 4 is 0 Å². The van der Waals surface area contributed by atoms with Crippen molar-refractivity contribution in [1.82, 2.24) is 15.1 Å². The molecule has 0 fully saturated rings. The molecule has 0 spiro atoms. The smallest absolute Gasteiger partial charge is 0.227 e. The number of pyridine rings is 1. The van der Waals surface area contributed by atoms with Gasteiger partial charge in [0.05, 0.1) is 12.3 Å². The third kappa shape index (κ3) is 3.07. The molecule has 17 heavy (non-hydrogen) atoms. The molecule has 2 heterocycles. The number of rotatable bonds is 4. The molecule has 1 atom stereocenters. The molecule has 0 aliphatic heterocycles. The van der Waals surface area contributed by atoms with Gasteiger partial charge in [-0.2, -0.15) is 4.98 Å². The molecule has 5 nitrogen and oxygen atoms in total. The van der Waals surface area contributed by atoms with E-state index in [0.29, 0.717) is 30.3 Å². The summed E-state index contributed by atoms with van der Waals surface area (Å²) in [6.45, 7) is 1.69. The summed E-state index contributed by atoms with van der Waals surface area (Å²) in [6, 6.07) is 2.77. The first-order valence-corrected chi connectivity index (χ1v) is 5.28. The van der Waals surface area contributed by atoms with Crippen molar-refractivity contribution in [2.24, 2.45) is 0 Å². The number of aromatic nitrogens is 3. The van der Waals surface area contributed by atoms with Crippen LogP contribution in [0, 0.1) is 5.82 Å². The summed E-state index contributed by atoms with van der Waals surface area (Å²) in [4.78, 5) is 7.96. The van der Waals surface area contributed by atoms with Gasteiger partial charge in [0.2, 0.25) is 11.7 Å². The van der Waals surface area contributed by atoms with Crippen LogP contribution in [-0.4, -0.2) is 26.3 Å². The first kappa shape index (κ1) is 11.7. The zero-order valence-corrected chi connectivity index (χ0v) is 9.30. The van der Waals surface area contributed by atoms with Crippen LogP contribution in [0.5, 0.6) is 0 Å². The van der Waals surface area contributed by atoms with Gasteiger partial charge in [0.1, 0.15) is 11.5 Å². The SMILES string of the molecule is CC(O)CCc1nc(-c2ccc(F)cn2)no1. The van der Waals surface area contributed by atoms with E-state index in [1.54, 1.807) is 6.92 Å². The summed E-state index contributed by atoms with van der Waals surface area (Å²) in [5.41, 5.74) is 0.457. The summed E-state index contributed by atoms with van der Waals surface area (Å²) in [6.07, 6.45) is 1.75. The van der Waals surface area contributed by atoms with Gasteiger partial charge in [-0.3, -0.25) is 0 Å². The largest absolute Gasteiger partial charge is 0.393 e. The molecule has 0 aliphatic rings. The highest BCUT2D eigenvalue weighted by Crippen LogP contribution is 2.13. The van der Waals surface area contributed by atoms with E-state index in [-0.39, 0.29) is 0 Å². The molecule has 0 saturated carbocycles. The first-order valence-electron chi connectivity index (χ1n) is 5.28. The molecule has 1 unspecified atom stereocenters. The van der Waals surface area contributed by atoms with Gasteiger partial charge in [-0.25, -0.2) is 9.37 Å². The van der Waals surface area contributed by atoms with Gasteiger partial charge in [-0.15, -0.1) is 0 Å². The van der Waals surface area contributed by atoms with Gasteiger partial charge >= 0.3 is 0 Å². The first-order chi connectivity index (χ1) is 8.15. The lowest BCUT2D eigenvalue weighted by Gasteiger charge is -1.98. The maximum absolute atomic E-state index is 12.7. The minimum atomic E-state index is -0.411. The summed E-state index contributed by atoms with van der Waals surface area (Å²) in [7, 11) is 0. The number of hydrogen-bond acceptors (Lipinski definition) is 5. The Bertz CT molecular complexity index is 482. The fraction of sp³-hybridized carbons (Fsp3) is 0.364. The number of aliphatic hydroxyl groups is 1. The van der Waals surface area contributed by atoms with Gasteiger partial charge in [-0.05, 0) is 25.5 Å². The maximum atomic E-state index is 12.7. The summed E-state index contributed by atoms with van der Waals surface area (Å²) in [5.74, 6) is 0.351. The second-order valence-corrected chi connectivity index (χ2v) is 3.76. The quantitative estimate of drug-likeness (QED) is 0.874. The van der Waals surface area contributed by atoms with Crippen LogP contribution < -0.4 is 0 Å². The van der Waals surface area contributed by atoms with Gasteiger partial charge in [0.25, 0.3) is 0 Å². The predicted molar refractivity (Wildman–Crippen MR) is 57.5 cm³/mol. The van der Waals surface area contributed by atoms with Crippen molar-refractivity contribution in [3.63, 3.8) is 0 Å². The van der Waals surface area contributed by atoms with E-state index in [4.69, 9.17) is 9.63 Å². The Labute approximate surface area is 97.3 Å². The van der Waals surface area contributed by atoms with E-state index in [1.807, 2.05) is 0 Å². The highest BCUT2D eigenvalue weighted by molar-refractivity contribution is 5.47. The molecule has 0 radical (unpaired) electrons. The zero-order valence-electron chi connectivity index (χ0n) is 9.30. The molecule has 1 N–H and O–H groups in total.